The van der Waals surface area contributed by atoms with E-state index >= 15 is 0 Å². The van der Waals surface area contributed by atoms with Crippen LogP contribution in [0.15, 0.2) is 157 Å². The van der Waals surface area contributed by atoms with Crippen LogP contribution in [0.3, 0.4) is 0 Å². The molecule has 0 N–H and O–H groups in total. The van der Waals surface area contributed by atoms with Crippen molar-refractivity contribution in [3.05, 3.63) is 168 Å². The first kappa shape index (κ1) is 32.0. The van der Waals surface area contributed by atoms with Crippen LogP contribution in [0.2, 0.25) is 0 Å². The van der Waals surface area contributed by atoms with Crippen LogP contribution in [-0.2, 0) is 0 Å². The number of nitrogens with zero attached hydrogens (tertiary/aromatic N) is 2. The zero-order valence-electron chi connectivity index (χ0n) is 30.6. The molecule has 1 heterocycles. The molecule has 2 heteroatoms. The minimum absolute atomic E-state index is 0.247. The number of fused-ring (bicyclic) bond motifs is 7. The maximum atomic E-state index is 5.35. The normalized spacial score (nSPS) is 20.1. The fourth-order valence-electron chi connectivity index (χ4n) is 9.54. The first-order valence-corrected chi connectivity index (χ1v) is 19.5. The van der Waals surface area contributed by atoms with Crippen LogP contribution in [0.4, 0.5) is 5.69 Å². The van der Waals surface area contributed by atoms with E-state index in [-0.39, 0.29) is 6.04 Å². The Balaban J connectivity index is 1.20. The smallest absolute Gasteiger partial charge is 0.0668 e. The summed E-state index contributed by atoms with van der Waals surface area (Å²) in [6.07, 6.45) is 22.8. The fraction of sp³-hybridized carbons (Fsp3) is 0.196. The van der Waals surface area contributed by atoms with Crippen molar-refractivity contribution >= 4 is 60.3 Å². The van der Waals surface area contributed by atoms with Crippen molar-refractivity contribution in [3.8, 4) is 11.1 Å². The number of aryl methyl sites for hydroxylation is 1. The van der Waals surface area contributed by atoms with Crippen molar-refractivity contribution in [2.45, 2.75) is 52.0 Å². The number of aromatic nitrogens is 1. The van der Waals surface area contributed by atoms with E-state index in [0.29, 0.717) is 11.8 Å². The van der Waals surface area contributed by atoms with Gasteiger partial charge >= 0.3 is 0 Å². The predicted octanol–water partition coefficient (Wildman–Crippen LogP) is 14.0. The third-order valence-electron chi connectivity index (χ3n) is 12.3. The molecule has 0 spiro atoms. The Morgan fingerprint density at radius 3 is 2.40 bits per heavy atom. The first-order chi connectivity index (χ1) is 26.1. The number of rotatable bonds is 5. The van der Waals surface area contributed by atoms with E-state index in [1.54, 1.807) is 0 Å². The van der Waals surface area contributed by atoms with Crippen molar-refractivity contribution in [1.29, 1.82) is 0 Å². The topological polar surface area (TPSA) is 17.3 Å². The minimum Gasteiger partial charge on any atom is -0.333 e. The van der Waals surface area contributed by atoms with Crippen molar-refractivity contribution in [2.24, 2.45) is 16.8 Å². The Bertz CT molecular complexity index is 2730. The van der Waals surface area contributed by atoms with Gasteiger partial charge in [0, 0.05) is 22.4 Å². The molecule has 3 aliphatic carbocycles. The van der Waals surface area contributed by atoms with Gasteiger partial charge in [-0.1, -0.05) is 127 Å². The zero-order chi connectivity index (χ0) is 35.5. The third kappa shape index (κ3) is 5.43. The summed E-state index contributed by atoms with van der Waals surface area (Å²) in [5, 5.41) is 7.73. The molecular weight excluding hydrogens is 641 g/mol. The Morgan fingerprint density at radius 2 is 1.51 bits per heavy atom. The van der Waals surface area contributed by atoms with Crippen molar-refractivity contribution < 1.29 is 0 Å². The lowest BCUT2D eigenvalue weighted by Gasteiger charge is -2.37. The molecule has 0 radical (unpaired) electrons. The van der Waals surface area contributed by atoms with Crippen LogP contribution in [0.5, 0.6) is 0 Å². The molecule has 3 aliphatic rings. The van der Waals surface area contributed by atoms with Gasteiger partial charge in [0.15, 0.2) is 0 Å². The minimum atomic E-state index is 0.247. The molecule has 0 fully saturated rings. The largest absolute Gasteiger partial charge is 0.333 e. The van der Waals surface area contributed by atoms with Gasteiger partial charge in [0.2, 0.25) is 0 Å². The summed E-state index contributed by atoms with van der Waals surface area (Å²) in [6, 6.07) is 40.9. The van der Waals surface area contributed by atoms with Crippen LogP contribution >= 0.6 is 0 Å². The average molecular weight is 685 g/mol. The van der Waals surface area contributed by atoms with Gasteiger partial charge in [-0.3, -0.25) is 4.99 Å². The summed E-state index contributed by atoms with van der Waals surface area (Å²) in [7, 11) is 0. The second-order valence-electron chi connectivity index (χ2n) is 15.3. The number of hydrogen-bond acceptors (Lipinski definition) is 1. The van der Waals surface area contributed by atoms with Crippen LogP contribution in [0.1, 0.15) is 61.8 Å². The summed E-state index contributed by atoms with van der Waals surface area (Å²) in [5.74, 6) is 1.15. The molecule has 1 aromatic heterocycles. The molecule has 0 aliphatic heterocycles. The molecule has 0 amide bonds. The van der Waals surface area contributed by atoms with Crippen molar-refractivity contribution in [2.75, 3.05) is 0 Å². The van der Waals surface area contributed by atoms with Gasteiger partial charge in [-0.25, -0.2) is 0 Å². The lowest BCUT2D eigenvalue weighted by molar-refractivity contribution is 0.284. The van der Waals surface area contributed by atoms with Crippen LogP contribution in [0.25, 0.3) is 60.1 Å². The van der Waals surface area contributed by atoms with Crippen LogP contribution in [-0.4, -0.2) is 10.3 Å². The quantitative estimate of drug-likeness (QED) is 0.0975. The molecule has 10 rings (SSSR count). The van der Waals surface area contributed by atoms with Crippen molar-refractivity contribution in [3.63, 3.8) is 0 Å². The third-order valence-corrected chi connectivity index (χ3v) is 12.3. The van der Waals surface area contributed by atoms with Crippen LogP contribution in [0, 0.1) is 18.8 Å². The molecule has 3 unspecified atom stereocenters. The molecule has 258 valence electrons. The number of hydrogen-bond donors (Lipinski definition) is 0. The summed E-state index contributed by atoms with van der Waals surface area (Å²) < 4.78 is 2.68. The Hall–Kier alpha value is -5.73. The Morgan fingerprint density at radius 1 is 0.679 bits per heavy atom. The highest BCUT2D eigenvalue weighted by Crippen LogP contribution is 2.46. The fourth-order valence-corrected chi connectivity index (χ4v) is 9.54. The van der Waals surface area contributed by atoms with E-state index in [1.165, 1.54) is 90.4 Å². The maximum absolute atomic E-state index is 5.35. The molecule has 0 bridgehead atoms. The van der Waals surface area contributed by atoms with Gasteiger partial charge in [-0.2, -0.15) is 0 Å². The summed E-state index contributed by atoms with van der Waals surface area (Å²) >= 11 is 0. The summed E-state index contributed by atoms with van der Waals surface area (Å²) in [5.41, 5.74) is 12.2. The average Bonchev–Trinajstić information content (AvgIpc) is 3.54. The molecule has 53 heavy (non-hydrogen) atoms. The van der Waals surface area contributed by atoms with Gasteiger partial charge in [0.05, 0.1) is 22.8 Å². The molecule has 0 saturated carbocycles. The molecular formula is C51H44N2. The highest BCUT2D eigenvalue weighted by Gasteiger charge is 2.33. The van der Waals surface area contributed by atoms with Gasteiger partial charge in [0.25, 0.3) is 0 Å². The molecule has 2 nitrogen and oxygen atoms in total. The standard InChI is InChI=1S/C51H44N2/c1-33-47(29-27-39-25-24-38-19-10-12-22-42(38)51(33)39)52-34(2)40-26-28-43-46-31-44(36-14-5-3-6-15-36)45(37-16-7-4-8-17-37)32-50(46)53(49(43)30-40)48-23-13-20-35-18-9-11-21-41(35)48/h4-5,7-8,10-17,19,21-32,35,41,48H,3,6,9,18,20H2,1-2H3. The monoisotopic (exact) mass is 684 g/mol. The molecule has 0 saturated heterocycles. The Labute approximate surface area is 312 Å². The second kappa shape index (κ2) is 13.0. The maximum Gasteiger partial charge on any atom is 0.0668 e. The van der Waals surface area contributed by atoms with Gasteiger partial charge in [-0.15, -0.1) is 0 Å². The van der Waals surface area contributed by atoms with Crippen LogP contribution < -0.4 is 0 Å². The first-order valence-electron chi connectivity index (χ1n) is 19.5. The zero-order valence-corrected chi connectivity index (χ0v) is 30.6. The lowest BCUT2D eigenvalue weighted by Crippen LogP contribution is -2.28. The number of aliphatic imine (C=N–C) groups is 1. The number of benzene rings is 6. The van der Waals surface area contributed by atoms with E-state index in [1.807, 2.05) is 0 Å². The van der Waals surface area contributed by atoms with Gasteiger partial charge in [-0.05, 0) is 131 Å². The lowest BCUT2D eigenvalue weighted by atomic mass is 9.74. The predicted molar refractivity (Wildman–Crippen MR) is 227 cm³/mol. The summed E-state index contributed by atoms with van der Waals surface area (Å²) in [4.78, 5) is 5.35. The van der Waals surface area contributed by atoms with Crippen molar-refractivity contribution in [1.82, 2.24) is 4.57 Å². The van der Waals surface area contributed by atoms with E-state index in [9.17, 15) is 0 Å². The molecule has 3 atom stereocenters. The summed E-state index contributed by atoms with van der Waals surface area (Å²) in [6.45, 7) is 4.40. The SMILES string of the molecule is CC(=Nc1ccc2ccc3ccccc3c2c1C)c1ccc2c3cc(C4=CCCC=C4)c(-c4ccccc4)cc3n(C3C=CCC4CCC=CC43)c2c1. The highest BCUT2D eigenvalue weighted by atomic mass is 15.0. The number of allylic oxidation sites excluding steroid dienone is 8. The van der Waals surface area contributed by atoms with E-state index in [0.717, 1.165) is 29.8 Å². The highest BCUT2D eigenvalue weighted by molar-refractivity contribution is 6.14. The van der Waals surface area contributed by atoms with Gasteiger partial charge in [0.1, 0.15) is 0 Å². The van der Waals surface area contributed by atoms with Gasteiger partial charge < -0.3 is 4.57 Å². The van der Waals surface area contributed by atoms with E-state index in [2.05, 4.69) is 170 Å². The Kier molecular flexibility index (Phi) is 7.86. The van der Waals surface area contributed by atoms with E-state index < -0.39 is 0 Å². The van der Waals surface area contributed by atoms with E-state index in [4.69, 9.17) is 4.99 Å². The molecule has 6 aromatic carbocycles. The molecule has 7 aromatic rings. The second-order valence-corrected chi connectivity index (χ2v) is 15.3.